The maximum absolute atomic E-state index is 6.26. The summed E-state index contributed by atoms with van der Waals surface area (Å²) >= 11 is 6.26. The van der Waals surface area contributed by atoms with Gasteiger partial charge in [-0.3, -0.25) is 4.90 Å². The second kappa shape index (κ2) is 5.85. The fourth-order valence-electron chi connectivity index (χ4n) is 2.59. The van der Waals surface area contributed by atoms with Crippen molar-refractivity contribution in [2.45, 2.75) is 31.8 Å². The monoisotopic (exact) mass is 252 g/mol. The van der Waals surface area contributed by atoms with Crippen molar-refractivity contribution < 1.29 is 0 Å². The van der Waals surface area contributed by atoms with Crippen molar-refractivity contribution >= 4 is 11.6 Å². The van der Waals surface area contributed by atoms with Crippen molar-refractivity contribution in [2.75, 3.05) is 20.1 Å². The summed E-state index contributed by atoms with van der Waals surface area (Å²) in [7, 11) is 2.05. The smallest absolute Gasteiger partial charge is 0.0453 e. The maximum Gasteiger partial charge on any atom is 0.0453 e. The van der Waals surface area contributed by atoms with Crippen molar-refractivity contribution in [3.63, 3.8) is 0 Å². The summed E-state index contributed by atoms with van der Waals surface area (Å²) in [6.07, 6.45) is 2.45. The summed E-state index contributed by atoms with van der Waals surface area (Å²) in [5.74, 6) is 0. The summed E-state index contributed by atoms with van der Waals surface area (Å²) in [6.45, 7) is 4.55. The third-order valence-electron chi connectivity index (χ3n) is 3.84. The Morgan fingerprint density at radius 3 is 2.53 bits per heavy atom. The molecule has 1 aromatic carbocycles. The SMILES string of the molecule is CNC1CCN(C(C)c2ccccc2Cl)CC1. The molecule has 1 aliphatic rings. The molecule has 94 valence electrons. The molecule has 1 heterocycles. The number of hydrogen-bond acceptors (Lipinski definition) is 2. The van der Waals surface area contributed by atoms with Gasteiger partial charge in [0.05, 0.1) is 0 Å². The molecule has 17 heavy (non-hydrogen) atoms. The predicted molar refractivity (Wildman–Crippen MR) is 73.5 cm³/mol. The van der Waals surface area contributed by atoms with Gasteiger partial charge in [0.2, 0.25) is 0 Å². The van der Waals surface area contributed by atoms with Gasteiger partial charge < -0.3 is 5.32 Å². The van der Waals surface area contributed by atoms with Gasteiger partial charge in [0, 0.05) is 30.2 Å². The highest BCUT2D eigenvalue weighted by Crippen LogP contribution is 2.29. The molecule has 1 aromatic rings. The van der Waals surface area contributed by atoms with Crippen LogP contribution in [0.2, 0.25) is 5.02 Å². The second-order valence-corrected chi connectivity index (χ2v) is 5.20. The van der Waals surface area contributed by atoms with Crippen LogP contribution >= 0.6 is 11.6 Å². The minimum atomic E-state index is 0.418. The molecule has 2 rings (SSSR count). The molecule has 0 spiro atoms. The van der Waals surface area contributed by atoms with Crippen LogP contribution in [-0.4, -0.2) is 31.1 Å². The average molecular weight is 253 g/mol. The minimum Gasteiger partial charge on any atom is -0.317 e. The van der Waals surface area contributed by atoms with Crippen LogP contribution in [0.5, 0.6) is 0 Å². The van der Waals surface area contributed by atoms with Crippen LogP contribution in [0.25, 0.3) is 0 Å². The number of halogens is 1. The summed E-state index contributed by atoms with van der Waals surface area (Å²) in [5, 5.41) is 4.25. The molecule has 0 aromatic heterocycles. The summed E-state index contributed by atoms with van der Waals surface area (Å²) in [4.78, 5) is 2.52. The first-order chi connectivity index (χ1) is 8.22. The topological polar surface area (TPSA) is 15.3 Å². The van der Waals surface area contributed by atoms with E-state index in [2.05, 4.69) is 36.3 Å². The third kappa shape index (κ3) is 3.01. The number of hydrogen-bond donors (Lipinski definition) is 1. The van der Waals surface area contributed by atoms with E-state index in [-0.39, 0.29) is 0 Å². The third-order valence-corrected chi connectivity index (χ3v) is 4.19. The molecule has 1 unspecified atom stereocenters. The van der Waals surface area contributed by atoms with Gasteiger partial charge in [-0.15, -0.1) is 0 Å². The predicted octanol–water partition coefficient (Wildman–Crippen LogP) is 3.08. The standard InChI is InChI=1S/C14H21ClN2/c1-11(13-5-3-4-6-14(13)15)17-9-7-12(16-2)8-10-17/h3-6,11-12,16H,7-10H2,1-2H3. The molecular weight excluding hydrogens is 232 g/mol. The zero-order chi connectivity index (χ0) is 12.3. The van der Waals surface area contributed by atoms with Gasteiger partial charge in [-0.1, -0.05) is 29.8 Å². The zero-order valence-corrected chi connectivity index (χ0v) is 11.4. The Hall–Kier alpha value is -0.570. The van der Waals surface area contributed by atoms with Gasteiger partial charge in [0.25, 0.3) is 0 Å². The Morgan fingerprint density at radius 1 is 1.29 bits per heavy atom. The van der Waals surface area contributed by atoms with Crippen LogP contribution in [0, 0.1) is 0 Å². The molecule has 0 radical (unpaired) electrons. The van der Waals surface area contributed by atoms with Crippen LogP contribution in [0.1, 0.15) is 31.4 Å². The van der Waals surface area contributed by atoms with Gasteiger partial charge >= 0.3 is 0 Å². The van der Waals surface area contributed by atoms with Crippen molar-refractivity contribution in [2.24, 2.45) is 0 Å². The van der Waals surface area contributed by atoms with Gasteiger partial charge in [-0.05, 0) is 38.4 Å². The van der Waals surface area contributed by atoms with E-state index >= 15 is 0 Å². The molecule has 1 aliphatic heterocycles. The fraction of sp³-hybridized carbons (Fsp3) is 0.571. The van der Waals surface area contributed by atoms with Crippen LogP contribution in [0.3, 0.4) is 0 Å². The number of nitrogens with zero attached hydrogens (tertiary/aromatic N) is 1. The first-order valence-corrected chi connectivity index (χ1v) is 6.76. The lowest BCUT2D eigenvalue weighted by Crippen LogP contribution is -2.42. The number of nitrogens with one attached hydrogen (secondary N) is 1. The summed E-state index contributed by atoms with van der Waals surface area (Å²) < 4.78 is 0. The van der Waals surface area contributed by atoms with Crippen molar-refractivity contribution in [1.29, 1.82) is 0 Å². The van der Waals surface area contributed by atoms with E-state index in [1.54, 1.807) is 0 Å². The van der Waals surface area contributed by atoms with E-state index < -0.39 is 0 Å². The average Bonchev–Trinajstić information content (AvgIpc) is 2.39. The van der Waals surface area contributed by atoms with Crippen molar-refractivity contribution in [3.8, 4) is 0 Å². The van der Waals surface area contributed by atoms with E-state index in [0.717, 1.165) is 18.1 Å². The van der Waals surface area contributed by atoms with Crippen LogP contribution in [-0.2, 0) is 0 Å². The fourth-order valence-corrected chi connectivity index (χ4v) is 2.88. The highest BCUT2D eigenvalue weighted by atomic mass is 35.5. The number of rotatable bonds is 3. The van der Waals surface area contributed by atoms with Gasteiger partial charge in [-0.25, -0.2) is 0 Å². The number of piperidine rings is 1. The van der Waals surface area contributed by atoms with E-state index in [4.69, 9.17) is 11.6 Å². The molecule has 2 nitrogen and oxygen atoms in total. The van der Waals surface area contributed by atoms with Gasteiger partial charge in [0.15, 0.2) is 0 Å². The normalized spacial score (nSPS) is 20.4. The van der Waals surface area contributed by atoms with Gasteiger partial charge in [-0.2, -0.15) is 0 Å². The molecule has 1 N–H and O–H groups in total. The summed E-state index contributed by atoms with van der Waals surface area (Å²) in [5.41, 5.74) is 1.25. The maximum atomic E-state index is 6.26. The largest absolute Gasteiger partial charge is 0.317 e. The lowest BCUT2D eigenvalue weighted by Gasteiger charge is -2.36. The van der Waals surface area contributed by atoms with Crippen LogP contribution in [0.4, 0.5) is 0 Å². The molecule has 0 saturated carbocycles. The number of benzene rings is 1. The molecule has 1 atom stereocenters. The van der Waals surface area contributed by atoms with E-state index in [1.807, 2.05) is 12.1 Å². The number of likely N-dealkylation sites (tertiary alicyclic amines) is 1. The lowest BCUT2D eigenvalue weighted by molar-refractivity contribution is 0.155. The lowest BCUT2D eigenvalue weighted by atomic mass is 10.0. The minimum absolute atomic E-state index is 0.418. The molecule has 1 saturated heterocycles. The Morgan fingerprint density at radius 2 is 1.94 bits per heavy atom. The van der Waals surface area contributed by atoms with Gasteiger partial charge in [0.1, 0.15) is 0 Å². The molecular formula is C14H21ClN2. The van der Waals surface area contributed by atoms with Crippen LogP contribution in [0.15, 0.2) is 24.3 Å². The highest BCUT2D eigenvalue weighted by Gasteiger charge is 2.23. The van der Waals surface area contributed by atoms with Crippen LogP contribution < -0.4 is 5.32 Å². The molecule has 0 amide bonds. The molecule has 3 heteroatoms. The Bertz CT molecular complexity index is 359. The highest BCUT2D eigenvalue weighted by molar-refractivity contribution is 6.31. The Kier molecular flexibility index (Phi) is 4.43. The van der Waals surface area contributed by atoms with Crippen molar-refractivity contribution in [3.05, 3.63) is 34.9 Å². The zero-order valence-electron chi connectivity index (χ0n) is 10.6. The first-order valence-electron chi connectivity index (χ1n) is 6.38. The van der Waals surface area contributed by atoms with E-state index in [0.29, 0.717) is 12.1 Å². The Balaban J connectivity index is 2.02. The van der Waals surface area contributed by atoms with E-state index in [9.17, 15) is 0 Å². The molecule has 1 fully saturated rings. The van der Waals surface area contributed by atoms with Crippen molar-refractivity contribution in [1.82, 2.24) is 10.2 Å². The second-order valence-electron chi connectivity index (χ2n) is 4.80. The molecule has 0 aliphatic carbocycles. The molecule has 0 bridgehead atoms. The van der Waals surface area contributed by atoms with E-state index in [1.165, 1.54) is 18.4 Å². The Labute approximate surface area is 109 Å². The summed E-state index contributed by atoms with van der Waals surface area (Å²) in [6, 6.07) is 9.28. The quantitative estimate of drug-likeness (QED) is 0.890. The first kappa shape index (κ1) is 12.9.